The van der Waals surface area contributed by atoms with Crippen LogP contribution < -0.4 is 14.2 Å². The minimum atomic E-state index is -3.76. The molecule has 7 nitrogen and oxygen atoms in total. The number of benzene rings is 4. The lowest BCUT2D eigenvalue weighted by molar-refractivity contribution is 0.481. The Bertz CT molecular complexity index is 1410. The molecule has 0 saturated heterocycles. The summed E-state index contributed by atoms with van der Waals surface area (Å²) in [5.74, 6) is 0.798. The number of hydrogen-bond donors (Lipinski definition) is 2. The van der Waals surface area contributed by atoms with Crippen LogP contribution in [0.4, 0.5) is 11.4 Å². The van der Waals surface area contributed by atoms with E-state index in [0.717, 1.165) is 8.95 Å². The molecule has 180 valence electrons. The number of anilines is 2. The van der Waals surface area contributed by atoms with Crippen molar-refractivity contribution >= 4 is 63.3 Å². The van der Waals surface area contributed by atoms with Crippen molar-refractivity contribution in [3.8, 4) is 11.5 Å². The molecular weight excluding hydrogens is 620 g/mol. The van der Waals surface area contributed by atoms with Crippen LogP contribution in [0.2, 0.25) is 0 Å². The van der Waals surface area contributed by atoms with E-state index in [1.807, 2.05) is 0 Å². The second-order valence-corrected chi connectivity index (χ2v) is 12.5. The van der Waals surface area contributed by atoms with Crippen molar-refractivity contribution in [2.24, 2.45) is 0 Å². The van der Waals surface area contributed by atoms with Gasteiger partial charge in [0, 0.05) is 20.3 Å². The summed E-state index contributed by atoms with van der Waals surface area (Å²) in [5, 5.41) is 0. The first-order valence-corrected chi connectivity index (χ1v) is 14.6. The molecule has 35 heavy (non-hydrogen) atoms. The first-order valence-electron chi connectivity index (χ1n) is 10.1. The van der Waals surface area contributed by atoms with Gasteiger partial charge in [-0.25, -0.2) is 16.8 Å². The van der Waals surface area contributed by atoms with E-state index in [9.17, 15) is 16.8 Å². The van der Waals surface area contributed by atoms with Crippen LogP contribution in [0, 0.1) is 0 Å². The third-order valence-corrected chi connectivity index (χ3v) is 8.55. The molecule has 11 heteroatoms. The lowest BCUT2D eigenvalue weighted by atomic mass is 10.3. The van der Waals surface area contributed by atoms with E-state index in [0.29, 0.717) is 22.9 Å². The Morgan fingerprint density at radius 2 is 0.800 bits per heavy atom. The molecule has 0 aliphatic carbocycles. The molecule has 0 radical (unpaired) electrons. The second-order valence-electron chi connectivity index (χ2n) is 7.27. The molecule has 0 aromatic heterocycles. The molecule has 0 spiro atoms. The molecule has 0 atom stereocenters. The summed E-state index contributed by atoms with van der Waals surface area (Å²) in [7, 11) is -7.53. The van der Waals surface area contributed by atoms with E-state index in [-0.39, 0.29) is 9.79 Å². The topological polar surface area (TPSA) is 102 Å². The van der Waals surface area contributed by atoms with Gasteiger partial charge in [-0.1, -0.05) is 31.9 Å². The Morgan fingerprint density at radius 3 is 1.11 bits per heavy atom. The third-order valence-electron chi connectivity index (χ3n) is 4.70. The zero-order chi connectivity index (χ0) is 25.1. The lowest BCUT2D eigenvalue weighted by Gasteiger charge is -2.11. The highest BCUT2D eigenvalue weighted by Crippen LogP contribution is 2.26. The fourth-order valence-electron chi connectivity index (χ4n) is 2.97. The summed E-state index contributed by atoms with van der Waals surface area (Å²) in [4.78, 5) is 0.154. The minimum Gasteiger partial charge on any atom is -0.457 e. The van der Waals surface area contributed by atoms with Crippen LogP contribution in [0.15, 0.2) is 116 Å². The summed E-state index contributed by atoms with van der Waals surface area (Å²) in [6, 6.07) is 25.4. The molecule has 4 rings (SSSR count). The van der Waals surface area contributed by atoms with Gasteiger partial charge in [0.1, 0.15) is 11.5 Å². The van der Waals surface area contributed by atoms with Gasteiger partial charge >= 0.3 is 0 Å². The first kappa shape index (κ1) is 25.2. The monoisotopic (exact) mass is 636 g/mol. The van der Waals surface area contributed by atoms with Crippen molar-refractivity contribution in [2.75, 3.05) is 9.44 Å². The SMILES string of the molecule is O=S(=O)(Nc1ccc(Br)cc1)c1ccc(Oc2ccc(S(=O)(=O)Nc3ccc(Br)cc3)cc2)cc1. The van der Waals surface area contributed by atoms with E-state index in [1.165, 1.54) is 48.5 Å². The number of nitrogens with one attached hydrogen (secondary N) is 2. The summed E-state index contributed by atoms with van der Waals surface area (Å²) in [5.41, 5.74) is 0.886. The van der Waals surface area contributed by atoms with Crippen molar-refractivity contribution in [3.63, 3.8) is 0 Å². The van der Waals surface area contributed by atoms with Crippen molar-refractivity contribution in [2.45, 2.75) is 9.79 Å². The van der Waals surface area contributed by atoms with Crippen LogP contribution in [0.5, 0.6) is 11.5 Å². The van der Waals surface area contributed by atoms with Gasteiger partial charge < -0.3 is 4.74 Å². The number of ether oxygens (including phenoxy) is 1. The molecule has 0 bridgehead atoms. The first-order chi connectivity index (χ1) is 16.6. The number of rotatable bonds is 8. The summed E-state index contributed by atoms with van der Waals surface area (Å²) in [6.07, 6.45) is 0. The van der Waals surface area contributed by atoms with E-state index < -0.39 is 20.0 Å². The van der Waals surface area contributed by atoms with Crippen LogP contribution in [0.25, 0.3) is 0 Å². The van der Waals surface area contributed by atoms with Gasteiger partial charge in [-0.3, -0.25) is 9.44 Å². The zero-order valence-electron chi connectivity index (χ0n) is 17.9. The van der Waals surface area contributed by atoms with Gasteiger partial charge in [0.15, 0.2) is 0 Å². The van der Waals surface area contributed by atoms with E-state index in [2.05, 4.69) is 41.3 Å². The van der Waals surface area contributed by atoms with Gasteiger partial charge in [0.25, 0.3) is 20.0 Å². The Labute approximate surface area is 220 Å². The van der Waals surface area contributed by atoms with E-state index in [4.69, 9.17) is 4.74 Å². The normalized spacial score (nSPS) is 11.6. The smallest absolute Gasteiger partial charge is 0.261 e. The highest BCUT2D eigenvalue weighted by Gasteiger charge is 2.16. The van der Waals surface area contributed by atoms with Crippen molar-refractivity contribution in [1.82, 2.24) is 0 Å². The molecule has 4 aromatic rings. The third kappa shape index (κ3) is 6.63. The van der Waals surface area contributed by atoms with Crippen LogP contribution >= 0.6 is 31.9 Å². The number of hydrogen-bond acceptors (Lipinski definition) is 5. The molecule has 0 saturated carbocycles. The highest BCUT2D eigenvalue weighted by molar-refractivity contribution is 9.10. The maximum Gasteiger partial charge on any atom is 0.261 e. The van der Waals surface area contributed by atoms with Gasteiger partial charge in [0.05, 0.1) is 9.79 Å². The Hall–Kier alpha value is -2.86. The predicted molar refractivity (Wildman–Crippen MR) is 143 cm³/mol. The fourth-order valence-corrected chi connectivity index (χ4v) is 5.62. The second kappa shape index (κ2) is 10.4. The molecular formula is C24H18Br2N2O5S2. The van der Waals surface area contributed by atoms with Gasteiger partial charge in [-0.15, -0.1) is 0 Å². The van der Waals surface area contributed by atoms with Crippen LogP contribution in [-0.4, -0.2) is 16.8 Å². The van der Waals surface area contributed by atoms with E-state index >= 15 is 0 Å². The zero-order valence-corrected chi connectivity index (χ0v) is 22.7. The molecule has 0 amide bonds. The van der Waals surface area contributed by atoms with Crippen molar-refractivity contribution in [3.05, 3.63) is 106 Å². The van der Waals surface area contributed by atoms with Crippen molar-refractivity contribution in [1.29, 1.82) is 0 Å². The van der Waals surface area contributed by atoms with E-state index in [1.54, 1.807) is 48.5 Å². The highest BCUT2D eigenvalue weighted by atomic mass is 79.9. The van der Waals surface area contributed by atoms with Crippen LogP contribution in [-0.2, 0) is 20.0 Å². The molecule has 0 heterocycles. The largest absolute Gasteiger partial charge is 0.457 e. The minimum absolute atomic E-state index is 0.0771. The molecule has 0 aliphatic rings. The fraction of sp³-hybridized carbons (Fsp3) is 0. The van der Waals surface area contributed by atoms with Gasteiger partial charge in [0.2, 0.25) is 0 Å². The quantitative estimate of drug-likeness (QED) is 0.227. The Balaban J connectivity index is 1.42. The lowest BCUT2D eigenvalue weighted by Crippen LogP contribution is -2.12. The molecule has 0 aliphatic heterocycles. The molecule has 2 N–H and O–H groups in total. The summed E-state index contributed by atoms with van der Waals surface area (Å²) < 4.78 is 62.9. The maximum absolute atomic E-state index is 12.6. The van der Waals surface area contributed by atoms with Gasteiger partial charge in [-0.2, -0.15) is 0 Å². The number of halogens is 2. The Kier molecular flexibility index (Phi) is 7.50. The van der Waals surface area contributed by atoms with Crippen molar-refractivity contribution < 1.29 is 21.6 Å². The maximum atomic E-state index is 12.6. The molecule has 0 unspecified atom stereocenters. The predicted octanol–water partition coefficient (Wildman–Crippen LogP) is 6.61. The average molecular weight is 638 g/mol. The number of sulfonamides is 2. The van der Waals surface area contributed by atoms with Crippen LogP contribution in [0.3, 0.4) is 0 Å². The van der Waals surface area contributed by atoms with Gasteiger partial charge in [-0.05, 0) is 97.1 Å². The Morgan fingerprint density at radius 1 is 0.486 bits per heavy atom. The molecule has 4 aromatic carbocycles. The standard InChI is InChI=1S/C24H18Br2N2O5S2/c25-17-1-5-19(6-2-17)27-34(29,30)23-13-9-21(10-14-23)33-22-11-15-24(16-12-22)35(31,32)28-20-7-3-18(26)4-8-20/h1-16,27-28H. The average Bonchev–Trinajstić information content (AvgIpc) is 2.82. The van der Waals surface area contributed by atoms with Crippen LogP contribution in [0.1, 0.15) is 0 Å². The summed E-state index contributed by atoms with van der Waals surface area (Å²) in [6.45, 7) is 0. The summed E-state index contributed by atoms with van der Waals surface area (Å²) >= 11 is 6.62. The molecule has 0 fully saturated rings.